The Morgan fingerprint density at radius 2 is 1.96 bits per heavy atom. The summed E-state index contributed by atoms with van der Waals surface area (Å²) in [7, 11) is 1.66. The van der Waals surface area contributed by atoms with Gasteiger partial charge in [-0.2, -0.15) is 0 Å². The number of benzene rings is 2. The molecule has 3 rings (SSSR count). The van der Waals surface area contributed by atoms with Crippen molar-refractivity contribution < 1.29 is 9.53 Å². The predicted octanol–water partition coefficient (Wildman–Crippen LogP) is 4.04. The lowest BCUT2D eigenvalue weighted by Gasteiger charge is -2.07. The Morgan fingerprint density at radius 1 is 1.20 bits per heavy atom. The van der Waals surface area contributed by atoms with Gasteiger partial charge in [0.15, 0.2) is 0 Å². The van der Waals surface area contributed by atoms with E-state index in [-0.39, 0.29) is 5.91 Å². The molecule has 0 atom stereocenters. The SMILES string of the molecule is COc1ccc2[nH]c(C)c(CCNC(=O)Cc3ccc(Cl)cc3)c2c1. The minimum Gasteiger partial charge on any atom is -0.497 e. The first-order valence-corrected chi connectivity index (χ1v) is 8.61. The van der Waals surface area contributed by atoms with Crippen molar-refractivity contribution in [2.45, 2.75) is 19.8 Å². The molecule has 25 heavy (non-hydrogen) atoms. The number of aromatic amines is 1. The Hall–Kier alpha value is -2.46. The van der Waals surface area contributed by atoms with Crippen molar-refractivity contribution in [3.8, 4) is 5.75 Å². The van der Waals surface area contributed by atoms with Crippen LogP contribution in [0.1, 0.15) is 16.8 Å². The number of halogens is 1. The van der Waals surface area contributed by atoms with Crippen LogP contribution in [0.2, 0.25) is 5.02 Å². The summed E-state index contributed by atoms with van der Waals surface area (Å²) >= 11 is 5.86. The van der Waals surface area contributed by atoms with E-state index in [2.05, 4.69) is 17.2 Å². The fraction of sp³-hybridized carbons (Fsp3) is 0.250. The van der Waals surface area contributed by atoms with Crippen molar-refractivity contribution in [3.63, 3.8) is 0 Å². The number of methoxy groups -OCH3 is 1. The number of aromatic nitrogens is 1. The first-order valence-electron chi connectivity index (χ1n) is 8.23. The van der Waals surface area contributed by atoms with Gasteiger partial charge in [-0.25, -0.2) is 0 Å². The van der Waals surface area contributed by atoms with E-state index in [4.69, 9.17) is 16.3 Å². The Kier molecular flexibility index (Phi) is 5.29. The summed E-state index contributed by atoms with van der Waals surface area (Å²) in [6.45, 7) is 2.65. The average molecular weight is 357 g/mol. The first kappa shape index (κ1) is 17.4. The second-order valence-corrected chi connectivity index (χ2v) is 6.48. The summed E-state index contributed by atoms with van der Waals surface area (Å²) in [6.07, 6.45) is 1.13. The van der Waals surface area contributed by atoms with E-state index < -0.39 is 0 Å². The van der Waals surface area contributed by atoms with Gasteiger partial charge in [-0.05, 0) is 54.8 Å². The zero-order chi connectivity index (χ0) is 17.8. The lowest BCUT2D eigenvalue weighted by Crippen LogP contribution is -2.27. The standard InChI is InChI=1S/C20H21ClN2O2/c1-13-17(18-12-16(25-2)7-8-19(18)23-13)9-10-22-20(24)11-14-3-5-15(21)6-4-14/h3-8,12,23H,9-11H2,1-2H3,(H,22,24). The maximum Gasteiger partial charge on any atom is 0.224 e. The number of carbonyl (C=O) groups is 1. The van der Waals surface area contributed by atoms with E-state index in [9.17, 15) is 4.79 Å². The van der Waals surface area contributed by atoms with Crippen LogP contribution in [0.5, 0.6) is 5.75 Å². The van der Waals surface area contributed by atoms with Crippen LogP contribution < -0.4 is 10.1 Å². The highest BCUT2D eigenvalue weighted by Crippen LogP contribution is 2.26. The number of rotatable bonds is 6. The van der Waals surface area contributed by atoms with Crippen LogP contribution in [0.3, 0.4) is 0 Å². The Balaban J connectivity index is 1.61. The fourth-order valence-corrected chi connectivity index (χ4v) is 3.11. The molecule has 2 aromatic carbocycles. The predicted molar refractivity (Wildman–Crippen MR) is 101 cm³/mol. The number of fused-ring (bicyclic) bond motifs is 1. The zero-order valence-electron chi connectivity index (χ0n) is 14.4. The van der Waals surface area contributed by atoms with E-state index in [0.29, 0.717) is 18.0 Å². The summed E-state index contributed by atoms with van der Waals surface area (Å²) < 4.78 is 5.31. The molecule has 0 radical (unpaired) electrons. The molecule has 2 N–H and O–H groups in total. The first-order chi connectivity index (χ1) is 12.1. The molecule has 0 saturated carbocycles. The molecular weight excluding hydrogens is 336 g/mol. The molecule has 0 aliphatic heterocycles. The van der Waals surface area contributed by atoms with E-state index in [1.807, 2.05) is 30.3 Å². The molecule has 0 aliphatic rings. The largest absolute Gasteiger partial charge is 0.497 e. The number of ether oxygens (including phenoxy) is 1. The molecule has 0 aliphatic carbocycles. The number of hydrogen-bond acceptors (Lipinski definition) is 2. The van der Waals surface area contributed by atoms with Gasteiger partial charge in [-0.3, -0.25) is 4.79 Å². The van der Waals surface area contributed by atoms with Gasteiger partial charge in [-0.15, -0.1) is 0 Å². The molecule has 0 saturated heterocycles. The highest BCUT2D eigenvalue weighted by molar-refractivity contribution is 6.30. The molecule has 0 spiro atoms. The molecule has 3 aromatic rings. The number of H-pyrrole nitrogens is 1. The van der Waals surface area contributed by atoms with Crippen LogP contribution in [0.25, 0.3) is 10.9 Å². The van der Waals surface area contributed by atoms with Crippen LogP contribution in [-0.2, 0) is 17.6 Å². The van der Waals surface area contributed by atoms with Gasteiger partial charge < -0.3 is 15.0 Å². The van der Waals surface area contributed by atoms with Crippen molar-refractivity contribution >= 4 is 28.4 Å². The minimum absolute atomic E-state index is 0.0115. The Morgan fingerprint density at radius 3 is 2.68 bits per heavy atom. The molecular formula is C20H21ClN2O2. The van der Waals surface area contributed by atoms with E-state index in [1.54, 1.807) is 19.2 Å². The number of hydrogen-bond donors (Lipinski definition) is 2. The topological polar surface area (TPSA) is 54.1 Å². The molecule has 1 amide bonds. The quantitative estimate of drug-likeness (QED) is 0.700. The van der Waals surface area contributed by atoms with Gasteiger partial charge in [0.1, 0.15) is 5.75 Å². The van der Waals surface area contributed by atoms with Gasteiger partial charge in [0, 0.05) is 28.2 Å². The second-order valence-electron chi connectivity index (χ2n) is 6.04. The monoisotopic (exact) mass is 356 g/mol. The van der Waals surface area contributed by atoms with Gasteiger partial charge in [0.2, 0.25) is 5.91 Å². The Labute approximate surface area is 152 Å². The maximum absolute atomic E-state index is 12.1. The fourth-order valence-electron chi connectivity index (χ4n) is 2.99. The van der Waals surface area contributed by atoms with Crippen molar-refractivity contribution in [2.24, 2.45) is 0 Å². The van der Waals surface area contributed by atoms with Crippen molar-refractivity contribution in [1.29, 1.82) is 0 Å². The molecule has 0 fully saturated rings. The lowest BCUT2D eigenvalue weighted by molar-refractivity contribution is -0.120. The molecule has 130 valence electrons. The third-order valence-electron chi connectivity index (χ3n) is 4.30. The summed E-state index contributed by atoms with van der Waals surface area (Å²) in [5.74, 6) is 0.844. The maximum atomic E-state index is 12.1. The Bertz CT molecular complexity index is 885. The molecule has 1 aromatic heterocycles. The lowest BCUT2D eigenvalue weighted by atomic mass is 10.1. The number of aryl methyl sites for hydroxylation is 1. The molecule has 1 heterocycles. The van der Waals surface area contributed by atoms with Crippen LogP contribution >= 0.6 is 11.6 Å². The van der Waals surface area contributed by atoms with E-state index in [1.165, 1.54) is 5.56 Å². The van der Waals surface area contributed by atoms with Gasteiger partial charge in [0.25, 0.3) is 0 Å². The summed E-state index contributed by atoms with van der Waals surface area (Å²) in [4.78, 5) is 15.5. The van der Waals surface area contributed by atoms with E-state index in [0.717, 1.165) is 34.3 Å². The number of amides is 1. The van der Waals surface area contributed by atoms with Crippen LogP contribution in [-0.4, -0.2) is 24.5 Å². The van der Waals surface area contributed by atoms with Crippen molar-refractivity contribution in [1.82, 2.24) is 10.3 Å². The smallest absolute Gasteiger partial charge is 0.224 e. The van der Waals surface area contributed by atoms with Gasteiger partial charge in [0.05, 0.1) is 13.5 Å². The van der Waals surface area contributed by atoms with Gasteiger partial charge >= 0.3 is 0 Å². The van der Waals surface area contributed by atoms with Crippen LogP contribution in [0, 0.1) is 6.92 Å². The van der Waals surface area contributed by atoms with Crippen molar-refractivity contribution in [2.75, 3.05) is 13.7 Å². The average Bonchev–Trinajstić information content (AvgIpc) is 2.92. The van der Waals surface area contributed by atoms with E-state index >= 15 is 0 Å². The summed E-state index contributed by atoms with van der Waals surface area (Å²) in [5.41, 5.74) is 4.37. The number of nitrogens with one attached hydrogen (secondary N) is 2. The second kappa shape index (κ2) is 7.62. The van der Waals surface area contributed by atoms with Crippen molar-refractivity contribution in [3.05, 3.63) is 64.3 Å². The zero-order valence-corrected chi connectivity index (χ0v) is 15.1. The third kappa shape index (κ3) is 4.15. The molecule has 5 heteroatoms. The summed E-state index contributed by atoms with van der Waals surface area (Å²) in [5, 5.41) is 4.81. The number of carbonyl (C=O) groups excluding carboxylic acids is 1. The third-order valence-corrected chi connectivity index (χ3v) is 4.55. The molecule has 4 nitrogen and oxygen atoms in total. The highest BCUT2D eigenvalue weighted by Gasteiger charge is 2.10. The highest BCUT2D eigenvalue weighted by atomic mass is 35.5. The minimum atomic E-state index is 0.0115. The normalized spacial score (nSPS) is 10.8. The molecule has 0 unspecified atom stereocenters. The van der Waals surface area contributed by atoms with Crippen LogP contribution in [0.15, 0.2) is 42.5 Å². The van der Waals surface area contributed by atoms with Gasteiger partial charge in [-0.1, -0.05) is 23.7 Å². The van der Waals surface area contributed by atoms with Crippen LogP contribution in [0.4, 0.5) is 0 Å². The summed E-state index contributed by atoms with van der Waals surface area (Å²) in [6, 6.07) is 13.3. The molecule has 0 bridgehead atoms.